The highest BCUT2D eigenvalue weighted by Crippen LogP contribution is 2.39. The highest BCUT2D eigenvalue weighted by molar-refractivity contribution is 7.99. The average Bonchev–Trinajstić information content (AvgIpc) is 3.18. The van der Waals surface area contributed by atoms with Crippen LogP contribution >= 0.6 is 11.8 Å². The lowest BCUT2D eigenvalue weighted by Gasteiger charge is -2.34. The SMILES string of the molecule is COc1ccc(NC(=O)CSc2nnc3n2C(C)(C)Cc2ccccc2-3)c(OC)c1. The molecule has 0 fully saturated rings. The summed E-state index contributed by atoms with van der Waals surface area (Å²) in [7, 11) is 3.14. The number of nitrogens with one attached hydrogen (secondary N) is 1. The van der Waals surface area contributed by atoms with Crippen LogP contribution in [0.5, 0.6) is 11.5 Å². The van der Waals surface area contributed by atoms with Crippen molar-refractivity contribution in [2.24, 2.45) is 0 Å². The number of ether oxygens (including phenoxy) is 2. The van der Waals surface area contributed by atoms with Crippen molar-refractivity contribution in [2.45, 2.75) is 31.0 Å². The number of fused-ring (bicyclic) bond motifs is 3. The van der Waals surface area contributed by atoms with Crippen molar-refractivity contribution in [1.82, 2.24) is 14.8 Å². The highest BCUT2D eigenvalue weighted by atomic mass is 32.2. The Balaban J connectivity index is 1.51. The molecule has 1 aliphatic rings. The molecule has 0 saturated heterocycles. The topological polar surface area (TPSA) is 78.3 Å². The third-order valence-electron chi connectivity index (χ3n) is 5.14. The summed E-state index contributed by atoms with van der Waals surface area (Å²) in [5, 5.41) is 12.4. The highest BCUT2D eigenvalue weighted by Gasteiger charge is 2.34. The lowest BCUT2D eigenvalue weighted by molar-refractivity contribution is -0.113. The third-order valence-corrected chi connectivity index (χ3v) is 6.06. The van der Waals surface area contributed by atoms with E-state index in [1.54, 1.807) is 32.4 Å². The Kier molecular flexibility index (Phi) is 5.42. The van der Waals surface area contributed by atoms with E-state index in [4.69, 9.17) is 9.47 Å². The molecule has 0 bridgehead atoms. The van der Waals surface area contributed by atoms with E-state index in [1.807, 2.05) is 12.1 Å². The number of amides is 1. The molecule has 1 aliphatic heterocycles. The van der Waals surface area contributed by atoms with Gasteiger partial charge in [0.1, 0.15) is 11.5 Å². The quantitative estimate of drug-likeness (QED) is 0.603. The van der Waals surface area contributed by atoms with E-state index >= 15 is 0 Å². The van der Waals surface area contributed by atoms with Crippen molar-refractivity contribution in [3.05, 3.63) is 48.0 Å². The number of carbonyl (C=O) groups is 1. The first-order valence-corrected chi connectivity index (χ1v) is 10.6. The van der Waals surface area contributed by atoms with Crippen LogP contribution in [-0.4, -0.2) is 40.6 Å². The fourth-order valence-electron chi connectivity index (χ4n) is 3.74. The predicted octanol–water partition coefficient (Wildman–Crippen LogP) is 3.98. The van der Waals surface area contributed by atoms with Gasteiger partial charge in [-0.2, -0.15) is 0 Å². The second kappa shape index (κ2) is 8.02. The van der Waals surface area contributed by atoms with Crippen LogP contribution in [0.25, 0.3) is 11.4 Å². The number of anilines is 1. The number of thioether (sulfide) groups is 1. The van der Waals surface area contributed by atoms with Crippen molar-refractivity contribution >= 4 is 23.4 Å². The normalized spacial score (nSPS) is 13.9. The van der Waals surface area contributed by atoms with Crippen LogP contribution in [0.4, 0.5) is 5.69 Å². The summed E-state index contributed by atoms with van der Waals surface area (Å²) in [5.74, 6) is 2.13. The van der Waals surface area contributed by atoms with E-state index in [1.165, 1.54) is 17.3 Å². The van der Waals surface area contributed by atoms with Gasteiger partial charge in [-0.05, 0) is 38.0 Å². The number of hydrogen-bond acceptors (Lipinski definition) is 6. The molecule has 0 aliphatic carbocycles. The Labute approximate surface area is 179 Å². The maximum Gasteiger partial charge on any atom is 0.234 e. The summed E-state index contributed by atoms with van der Waals surface area (Å²) >= 11 is 1.38. The number of benzene rings is 2. The standard InChI is InChI=1S/C22H24N4O3S/c1-22(2)12-14-7-5-6-8-16(14)20-24-25-21(26(20)22)30-13-19(27)23-17-10-9-15(28-3)11-18(17)29-4/h5-11H,12-13H2,1-4H3,(H,23,27). The molecule has 1 N–H and O–H groups in total. The van der Waals surface area contributed by atoms with Crippen LogP contribution < -0.4 is 14.8 Å². The van der Waals surface area contributed by atoms with Crippen molar-refractivity contribution in [3.8, 4) is 22.9 Å². The molecule has 1 aromatic heterocycles. The molecule has 2 aromatic carbocycles. The fourth-order valence-corrected chi connectivity index (χ4v) is 4.63. The molecule has 156 valence electrons. The van der Waals surface area contributed by atoms with Crippen LogP contribution in [0.1, 0.15) is 19.4 Å². The number of rotatable bonds is 6. The smallest absolute Gasteiger partial charge is 0.234 e. The summed E-state index contributed by atoms with van der Waals surface area (Å²) in [4.78, 5) is 12.6. The maximum atomic E-state index is 12.6. The van der Waals surface area contributed by atoms with Gasteiger partial charge in [-0.3, -0.25) is 9.36 Å². The molecule has 3 aromatic rings. The van der Waals surface area contributed by atoms with Gasteiger partial charge >= 0.3 is 0 Å². The first kappa shape index (κ1) is 20.3. The number of hydrogen-bond donors (Lipinski definition) is 1. The molecular weight excluding hydrogens is 400 g/mol. The fraction of sp³-hybridized carbons (Fsp3) is 0.318. The van der Waals surface area contributed by atoms with E-state index in [0.717, 1.165) is 23.0 Å². The number of methoxy groups -OCH3 is 2. The molecular formula is C22H24N4O3S. The van der Waals surface area contributed by atoms with Gasteiger partial charge < -0.3 is 14.8 Å². The zero-order chi connectivity index (χ0) is 21.3. The van der Waals surface area contributed by atoms with E-state index in [9.17, 15) is 4.79 Å². The van der Waals surface area contributed by atoms with Gasteiger partial charge in [0.05, 0.1) is 25.7 Å². The molecule has 0 radical (unpaired) electrons. The number of carbonyl (C=O) groups excluding carboxylic acids is 1. The minimum absolute atomic E-state index is 0.144. The molecule has 0 atom stereocenters. The first-order chi connectivity index (χ1) is 14.4. The second-order valence-electron chi connectivity index (χ2n) is 7.69. The van der Waals surface area contributed by atoms with Crippen molar-refractivity contribution < 1.29 is 14.3 Å². The van der Waals surface area contributed by atoms with Gasteiger partial charge in [-0.25, -0.2) is 0 Å². The van der Waals surface area contributed by atoms with E-state index in [2.05, 4.69) is 46.1 Å². The Morgan fingerprint density at radius 2 is 1.97 bits per heavy atom. The lowest BCUT2D eigenvalue weighted by Crippen LogP contribution is -2.33. The summed E-state index contributed by atoms with van der Waals surface area (Å²) in [6.07, 6.45) is 0.886. The minimum Gasteiger partial charge on any atom is -0.497 e. The zero-order valence-corrected chi connectivity index (χ0v) is 18.2. The van der Waals surface area contributed by atoms with Gasteiger partial charge in [0.2, 0.25) is 5.91 Å². The van der Waals surface area contributed by atoms with E-state index < -0.39 is 0 Å². The van der Waals surface area contributed by atoms with Crippen molar-refractivity contribution in [1.29, 1.82) is 0 Å². The van der Waals surface area contributed by atoms with E-state index in [-0.39, 0.29) is 17.2 Å². The van der Waals surface area contributed by atoms with Crippen LogP contribution in [0.3, 0.4) is 0 Å². The maximum absolute atomic E-state index is 12.6. The van der Waals surface area contributed by atoms with Gasteiger partial charge in [-0.1, -0.05) is 36.0 Å². The Morgan fingerprint density at radius 3 is 2.73 bits per heavy atom. The summed E-state index contributed by atoms with van der Waals surface area (Å²) < 4.78 is 12.7. The molecule has 2 heterocycles. The van der Waals surface area contributed by atoms with Crippen LogP contribution in [-0.2, 0) is 16.8 Å². The zero-order valence-electron chi connectivity index (χ0n) is 17.4. The molecule has 0 unspecified atom stereocenters. The van der Waals surface area contributed by atoms with Crippen LogP contribution in [0.2, 0.25) is 0 Å². The van der Waals surface area contributed by atoms with E-state index in [0.29, 0.717) is 17.2 Å². The van der Waals surface area contributed by atoms with Gasteiger partial charge in [0.25, 0.3) is 0 Å². The van der Waals surface area contributed by atoms with Crippen LogP contribution in [0, 0.1) is 0 Å². The molecule has 7 nitrogen and oxygen atoms in total. The Hall–Kier alpha value is -3.00. The number of aromatic nitrogens is 3. The average molecular weight is 425 g/mol. The summed E-state index contributed by atoms with van der Waals surface area (Å²) in [6.45, 7) is 4.34. The minimum atomic E-state index is -0.175. The van der Waals surface area contributed by atoms with Gasteiger partial charge in [0, 0.05) is 17.2 Å². The van der Waals surface area contributed by atoms with Crippen molar-refractivity contribution in [3.63, 3.8) is 0 Å². The molecule has 8 heteroatoms. The van der Waals surface area contributed by atoms with Gasteiger partial charge in [-0.15, -0.1) is 10.2 Å². The summed E-state index contributed by atoms with van der Waals surface area (Å²) in [6, 6.07) is 13.5. The lowest BCUT2D eigenvalue weighted by atomic mass is 9.87. The summed E-state index contributed by atoms with van der Waals surface area (Å²) in [5.41, 5.74) is 2.79. The molecule has 4 rings (SSSR count). The Bertz CT molecular complexity index is 1090. The second-order valence-corrected chi connectivity index (χ2v) is 8.63. The molecule has 0 saturated carbocycles. The Morgan fingerprint density at radius 1 is 1.17 bits per heavy atom. The third kappa shape index (κ3) is 3.75. The first-order valence-electron chi connectivity index (χ1n) is 9.62. The predicted molar refractivity (Wildman–Crippen MR) is 117 cm³/mol. The largest absolute Gasteiger partial charge is 0.497 e. The molecule has 0 spiro atoms. The van der Waals surface area contributed by atoms with Crippen LogP contribution in [0.15, 0.2) is 47.6 Å². The van der Waals surface area contributed by atoms with Gasteiger partial charge in [0.15, 0.2) is 11.0 Å². The molecule has 1 amide bonds. The number of nitrogens with zero attached hydrogens (tertiary/aromatic N) is 3. The molecule has 30 heavy (non-hydrogen) atoms. The van der Waals surface area contributed by atoms with Crippen molar-refractivity contribution in [2.75, 3.05) is 25.3 Å². The monoisotopic (exact) mass is 424 g/mol.